The molecule has 6 heteroatoms. The van der Waals surface area contributed by atoms with Gasteiger partial charge < -0.3 is 10.6 Å². The number of amides is 2. The van der Waals surface area contributed by atoms with E-state index in [1.165, 1.54) is 4.68 Å². The van der Waals surface area contributed by atoms with E-state index in [4.69, 9.17) is 5.73 Å². The highest BCUT2D eigenvalue weighted by Crippen LogP contribution is 2.20. The van der Waals surface area contributed by atoms with E-state index in [1.54, 1.807) is 19.0 Å². The van der Waals surface area contributed by atoms with Crippen molar-refractivity contribution in [1.82, 2.24) is 14.7 Å². The second kappa shape index (κ2) is 3.08. The summed E-state index contributed by atoms with van der Waals surface area (Å²) in [7, 11) is 3.37. The number of nitrogens with two attached hydrogens (primary N) is 1. The van der Waals surface area contributed by atoms with E-state index >= 15 is 0 Å². The predicted molar refractivity (Wildman–Crippen MR) is 52.4 cm³/mol. The Hall–Kier alpha value is -1.85. The van der Waals surface area contributed by atoms with Gasteiger partial charge in [-0.2, -0.15) is 5.10 Å². The number of primary amides is 1. The SMILES string of the molecule is CN1CCc2c(C(N)=O)nn(C)c2C1=O. The van der Waals surface area contributed by atoms with Gasteiger partial charge >= 0.3 is 0 Å². The molecule has 0 unspecified atom stereocenters. The molecule has 1 aromatic heterocycles. The first-order chi connectivity index (χ1) is 7.02. The van der Waals surface area contributed by atoms with Gasteiger partial charge in [-0.1, -0.05) is 0 Å². The molecule has 0 fully saturated rings. The highest BCUT2D eigenvalue weighted by Gasteiger charge is 2.30. The molecule has 1 aliphatic rings. The fraction of sp³-hybridized carbons (Fsp3) is 0.444. The van der Waals surface area contributed by atoms with Gasteiger partial charge in [-0.05, 0) is 6.42 Å². The molecule has 0 aromatic carbocycles. The molecule has 0 bridgehead atoms. The standard InChI is InChI=1S/C9H12N4O2/c1-12-4-3-5-6(8(10)14)11-13(2)7(5)9(12)15/h3-4H2,1-2H3,(H2,10,14). The second-order valence-electron chi connectivity index (χ2n) is 3.64. The molecule has 0 saturated carbocycles. The third-order valence-electron chi connectivity index (χ3n) is 2.63. The summed E-state index contributed by atoms with van der Waals surface area (Å²) in [5.74, 6) is -0.692. The molecule has 0 spiro atoms. The fourth-order valence-corrected chi connectivity index (χ4v) is 1.83. The van der Waals surface area contributed by atoms with Crippen molar-refractivity contribution in [2.24, 2.45) is 12.8 Å². The number of carbonyl (C=O) groups is 2. The molecule has 2 N–H and O–H groups in total. The number of rotatable bonds is 1. The van der Waals surface area contributed by atoms with Crippen molar-refractivity contribution in [3.05, 3.63) is 17.0 Å². The zero-order chi connectivity index (χ0) is 11.2. The van der Waals surface area contributed by atoms with Gasteiger partial charge in [-0.3, -0.25) is 14.3 Å². The lowest BCUT2D eigenvalue weighted by Gasteiger charge is -2.22. The van der Waals surface area contributed by atoms with E-state index in [-0.39, 0.29) is 11.6 Å². The van der Waals surface area contributed by atoms with Crippen molar-refractivity contribution in [2.75, 3.05) is 13.6 Å². The Labute approximate surface area is 86.6 Å². The third kappa shape index (κ3) is 1.29. The highest BCUT2D eigenvalue weighted by molar-refractivity contribution is 6.00. The number of fused-ring (bicyclic) bond motifs is 1. The predicted octanol–water partition coefficient (Wildman–Crippen LogP) is -0.853. The number of likely N-dealkylation sites (N-methyl/N-ethyl adjacent to an activating group) is 1. The average molecular weight is 208 g/mol. The molecular weight excluding hydrogens is 196 g/mol. The molecule has 80 valence electrons. The van der Waals surface area contributed by atoms with Crippen LogP contribution in [0.5, 0.6) is 0 Å². The first-order valence-electron chi connectivity index (χ1n) is 4.63. The average Bonchev–Trinajstić information content (AvgIpc) is 2.50. The minimum atomic E-state index is -0.579. The summed E-state index contributed by atoms with van der Waals surface area (Å²) in [6.45, 7) is 0.595. The van der Waals surface area contributed by atoms with Crippen LogP contribution in [0.3, 0.4) is 0 Å². The van der Waals surface area contributed by atoms with E-state index in [1.807, 2.05) is 0 Å². The molecule has 0 atom stereocenters. The largest absolute Gasteiger partial charge is 0.364 e. The molecule has 1 aliphatic heterocycles. The van der Waals surface area contributed by atoms with Crippen molar-refractivity contribution in [2.45, 2.75) is 6.42 Å². The number of aryl methyl sites for hydroxylation is 1. The maximum atomic E-state index is 11.8. The van der Waals surface area contributed by atoms with E-state index in [0.29, 0.717) is 24.2 Å². The Morgan fingerprint density at radius 2 is 2.13 bits per heavy atom. The summed E-state index contributed by atoms with van der Waals surface area (Å²) in [5, 5.41) is 3.97. The highest BCUT2D eigenvalue weighted by atomic mass is 16.2. The Morgan fingerprint density at radius 1 is 1.47 bits per heavy atom. The third-order valence-corrected chi connectivity index (χ3v) is 2.63. The van der Waals surface area contributed by atoms with Gasteiger partial charge in [-0.15, -0.1) is 0 Å². The summed E-state index contributed by atoms with van der Waals surface area (Å²) >= 11 is 0. The summed E-state index contributed by atoms with van der Waals surface area (Å²) in [6.07, 6.45) is 0.629. The lowest BCUT2D eigenvalue weighted by atomic mass is 10.0. The summed E-state index contributed by atoms with van der Waals surface area (Å²) in [6, 6.07) is 0. The van der Waals surface area contributed by atoms with Gasteiger partial charge in [0, 0.05) is 26.2 Å². The number of aromatic nitrogens is 2. The lowest BCUT2D eigenvalue weighted by Crippen LogP contribution is -2.35. The van der Waals surface area contributed by atoms with Crippen LogP contribution >= 0.6 is 0 Å². The van der Waals surface area contributed by atoms with Crippen LogP contribution in [0, 0.1) is 0 Å². The molecular formula is C9H12N4O2. The Bertz CT molecular complexity index is 449. The van der Waals surface area contributed by atoms with Crippen molar-refractivity contribution in [1.29, 1.82) is 0 Å². The molecule has 2 heterocycles. The molecule has 1 aromatic rings. The summed E-state index contributed by atoms with van der Waals surface area (Å²) in [5.41, 5.74) is 6.55. The topological polar surface area (TPSA) is 81.2 Å². The van der Waals surface area contributed by atoms with Crippen LogP contribution in [0.4, 0.5) is 0 Å². The molecule has 2 rings (SSSR count). The van der Waals surface area contributed by atoms with Crippen LogP contribution in [0.25, 0.3) is 0 Å². The van der Waals surface area contributed by atoms with Crippen LogP contribution in [0.2, 0.25) is 0 Å². The van der Waals surface area contributed by atoms with E-state index < -0.39 is 5.91 Å². The van der Waals surface area contributed by atoms with Crippen molar-refractivity contribution >= 4 is 11.8 Å². The van der Waals surface area contributed by atoms with Gasteiger partial charge in [0.15, 0.2) is 5.69 Å². The quantitative estimate of drug-likeness (QED) is 0.652. The minimum Gasteiger partial charge on any atom is -0.364 e. The first kappa shape index (κ1) is 9.70. The molecule has 15 heavy (non-hydrogen) atoms. The zero-order valence-electron chi connectivity index (χ0n) is 8.65. The number of nitrogens with zero attached hydrogens (tertiary/aromatic N) is 3. The van der Waals surface area contributed by atoms with Crippen LogP contribution in [-0.2, 0) is 13.5 Å². The molecule has 0 aliphatic carbocycles. The smallest absolute Gasteiger partial charge is 0.272 e. The van der Waals surface area contributed by atoms with Crippen LogP contribution in [-0.4, -0.2) is 40.1 Å². The Balaban J connectivity index is 2.61. The van der Waals surface area contributed by atoms with Crippen molar-refractivity contribution in [3.63, 3.8) is 0 Å². The van der Waals surface area contributed by atoms with E-state index in [9.17, 15) is 9.59 Å². The zero-order valence-corrected chi connectivity index (χ0v) is 8.65. The monoisotopic (exact) mass is 208 g/mol. The normalized spacial score (nSPS) is 15.3. The summed E-state index contributed by atoms with van der Waals surface area (Å²) < 4.78 is 1.42. The fourth-order valence-electron chi connectivity index (χ4n) is 1.83. The maximum absolute atomic E-state index is 11.8. The molecule has 6 nitrogen and oxygen atoms in total. The van der Waals surface area contributed by atoms with Gasteiger partial charge in [0.2, 0.25) is 0 Å². The molecule has 2 amide bonds. The number of carbonyl (C=O) groups excluding carboxylic acids is 2. The van der Waals surface area contributed by atoms with Crippen molar-refractivity contribution < 1.29 is 9.59 Å². The van der Waals surface area contributed by atoms with E-state index in [0.717, 1.165) is 0 Å². The first-order valence-corrected chi connectivity index (χ1v) is 4.63. The van der Waals surface area contributed by atoms with Gasteiger partial charge in [0.25, 0.3) is 11.8 Å². The summed E-state index contributed by atoms with van der Waals surface area (Å²) in [4.78, 5) is 24.5. The van der Waals surface area contributed by atoms with Gasteiger partial charge in [-0.25, -0.2) is 0 Å². The Morgan fingerprint density at radius 3 is 2.73 bits per heavy atom. The Kier molecular flexibility index (Phi) is 1.99. The van der Waals surface area contributed by atoms with Crippen LogP contribution in [0.15, 0.2) is 0 Å². The number of hydrogen-bond acceptors (Lipinski definition) is 3. The number of hydrogen-bond donors (Lipinski definition) is 1. The van der Waals surface area contributed by atoms with Gasteiger partial charge in [0.1, 0.15) is 5.69 Å². The molecule has 0 radical (unpaired) electrons. The van der Waals surface area contributed by atoms with Crippen molar-refractivity contribution in [3.8, 4) is 0 Å². The second-order valence-corrected chi connectivity index (χ2v) is 3.64. The molecule has 0 saturated heterocycles. The van der Waals surface area contributed by atoms with Gasteiger partial charge in [0.05, 0.1) is 0 Å². The van der Waals surface area contributed by atoms with Crippen LogP contribution in [0.1, 0.15) is 26.5 Å². The maximum Gasteiger partial charge on any atom is 0.272 e. The minimum absolute atomic E-state index is 0.112. The lowest BCUT2D eigenvalue weighted by molar-refractivity contribution is 0.0769. The van der Waals surface area contributed by atoms with Crippen LogP contribution < -0.4 is 5.73 Å². The van der Waals surface area contributed by atoms with E-state index in [2.05, 4.69) is 5.10 Å².